The van der Waals surface area contributed by atoms with Gasteiger partial charge in [-0.05, 0) is 73.4 Å². The van der Waals surface area contributed by atoms with Gasteiger partial charge in [0.25, 0.3) is 0 Å². The van der Waals surface area contributed by atoms with Crippen LogP contribution in [-0.2, 0) is 0 Å². The number of anilines is 1. The first kappa shape index (κ1) is 12.6. The number of nitrogen functional groups attached to an aromatic ring is 1. The maximum Gasteiger partial charge on any atom is 0.121 e. The van der Waals surface area contributed by atoms with Crippen molar-refractivity contribution in [1.29, 1.82) is 0 Å². The van der Waals surface area contributed by atoms with Crippen molar-refractivity contribution in [2.24, 2.45) is 0 Å². The fourth-order valence-corrected chi connectivity index (χ4v) is 2.73. The predicted octanol–water partition coefficient (Wildman–Crippen LogP) is 4.05. The highest BCUT2D eigenvalue weighted by Crippen LogP contribution is 2.34. The fourth-order valence-electron chi connectivity index (χ4n) is 2.73. The minimum absolute atomic E-state index is 0.367. The molecule has 3 aromatic rings. The third kappa shape index (κ3) is 1.83. The molecule has 0 aliphatic rings. The number of rotatable bonds is 1. The number of aryl methyl sites for hydroxylation is 3. The van der Waals surface area contributed by atoms with E-state index in [1.54, 1.807) is 0 Å². The van der Waals surface area contributed by atoms with Crippen LogP contribution in [0, 0.1) is 20.8 Å². The van der Waals surface area contributed by atoms with E-state index in [0.29, 0.717) is 5.75 Å². The molecule has 3 heteroatoms. The molecule has 0 amide bonds. The molecule has 0 bridgehead atoms. The Morgan fingerprint density at radius 3 is 2.30 bits per heavy atom. The molecule has 2 aromatic carbocycles. The number of benzene rings is 2. The molecule has 0 saturated carbocycles. The number of phenolic OH excluding ortho intramolecular Hbond substituents is 1. The number of nitrogens with two attached hydrogens (primary N) is 1. The summed E-state index contributed by atoms with van der Waals surface area (Å²) in [6.07, 6.45) is 0. The Balaban J connectivity index is 2.27. The van der Waals surface area contributed by atoms with Gasteiger partial charge in [-0.3, -0.25) is 0 Å². The lowest BCUT2D eigenvalue weighted by Crippen LogP contribution is -1.86. The summed E-state index contributed by atoms with van der Waals surface area (Å²) in [4.78, 5) is 3.44. The molecule has 1 heterocycles. The molecule has 3 rings (SSSR count). The Morgan fingerprint density at radius 2 is 1.65 bits per heavy atom. The summed E-state index contributed by atoms with van der Waals surface area (Å²) >= 11 is 0. The van der Waals surface area contributed by atoms with Crippen molar-refractivity contribution in [1.82, 2.24) is 4.98 Å². The van der Waals surface area contributed by atoms with E-state index in [4.69, 9.17) is 5.73 Å². The Labute approximate surface area is 118 Å². The Kier molecular flexibility index (Phi) is 2.71. The Bertz CT molecular complexity index is 792. The van der Waals surface area contributed by atoms with Crippen molar-refractivity contribution >= 4 is 16.6 Å². The second-order valence-corrected chi connectivity index (χ2v) is 5.39. The van der Waals surface area contributed by atoms with Gasteiger partial charge in [0.05, 0.1) is 0 Å². The van der Waals surface area contributed by atoms with E-state index in [1.807, 2.05) is 44.2 Å². The smallest absolute Gasteiger partial charge is 0.121 e. The first-order chi connectivity index (χ1) is 9.47. The quantitative estimate of drug-likeness (QED) is 0.582. The highest BCUT2D eigenvalue weighted by molar-refractivity contribution is 5.92. The van der Waals surface area contributed by atoms with Gasteiger partial charge < -0.3 is 15.8 Å². The molecule has 0 fully saturated rings. The van der Waals surface area contributed by atoms with E-state index in [2.05, 4.69) is 11.9 Å². The molecule has 3 nitrogen and oxygen atoms in total. The third-order valence-electron chi connectivity index (χ3n) is 3.86. The first-order valence-electron chi connectivity index (χ1n) is 6.66. The van der Waals surface area contributed by atoms with Crippen molar-refractivity contribution in [2.75, 3.05) is 5.73 Å². The van der Waals surface area contributed by atoms with Gasteiger partial charge in [0.15, 0.2) is 0 Å². The molecule has 20 heavy (non-hydrogen) atoms. The van der Waals surface area contributed by atoms with E-state index in [1.165, 1.54) is 5.56 Å². The first-order valence-corrected chi connectivity index (χ1v) is 6.66. The number of hydrogen-bond acceptors (Lipinski definition) is 2. The Morgan fingerprint density at radius 1 is 1.00 bits per heavy atom. The standard InChI is InChI=1S/C17H18N2O/c1-9-6-12(7-10(2)17(9)20)16-11(3)14-8-13(18)4-5-15(14)19-16/h4-8,19-20H,18H2,1-3H3. The fraction of sp³-hybridized carbons (Fsp3) is 0.176. The van der Waals surface area contributed by atoms with Gasteiger partial charge in [0.1, 0.15) is 5.75 Å². The van der Waals surface area contributed by atoms with Crippen LogP contribution < -0.4 is 5.73 Å². The summed E-state index contributed by atoms with van der Waals surface area (Å²) in [5.41, 5.74) is 12.8. The van der Waals surface area contributed by atoms with E-state index in [-0.39, 0.29) is 0 Å². The topological polar surface area (TPSA) is 62.0 Å². The van der Waals surface area contributed by atoms with Crippen LogP contribution in [0.5, 0.6) is 5.75 Å². The number of aromatic nitrogens is 1. The molecule has 0 radical (unpaired) electrons. The van der Waals surface area contributed by atoms with Gasteiger partial charge in [-0.2, -0.15) is 0 Å². The van der Waals surface area contributed by atoms with Gasteiger partial charge in [0.2, 0.25) is 0 Å². The van der Waals surface area contributed by atoms with Crippen molar-refractivity contribution in [3.8, 4) is 17.0 Å². The molecule has 102 valence electrons. The van der Waals surface area contributed by atoms with E-state index in [9.17, 15) is 5.11 Å². The van der Waals surface area contributed by atoms with Crippen LogP contribution in [0.15, 0.2) is 30.3 Å². The average Bonchev–Trinajstić information content (AvgIpc) is 2.73. The minimum Gasteiger partial charge on any atom is -0.507 e. The van der Waals surface area contributed by atoms with Gasteiger partial charge in [-0.25, -0.2) is 0 Å². The maximum absolute atomic E-state index is 9.90. The SMILES string of the molecule is Cc1cc(-c2[nH]c3ccc(N)cc3c2C)cc(C)c1O. The van der Waals surface area contributed by atoms with Crippen LogP contribution >= 0.6 is 0 Å². The molecule has 0 unspecified atom stereocenters. The molecule has 0 aliphatic carbocycles. The van der Waals surface area contributed by atoms with Gasteiger partial charge in [-0.1, -0.05) is 0 Å². The molecule has 0 atom stereocenters. The maximum atomic E-state index is 9.90. The monoisotopic (exact) mass is 266 g/mol. The number of aromatic amines is 1. The lowest BCUT2D eigenvalue weighted by atomic mass is 10.0. The van der Waals surface area contributed by atoms with Crippen LogP contribution in [-0.4, -0.2) is 10.1 Å². The van der Waals surface area contributed by atoms with Crippen molar-refractivity contribution in [3.63, 3.8) is 0 Å². The van der Waals surface area contributed by atoms with Crippen molar-refractivity contribution in [3.05, 3.63) is 47.0 Å². The average molecular weight is 266 g/mol. The number of nitrogens with one attached hydrogen (secondary N) is 1. The predicted molar refractivity (Wildman–Crippen MR) is 84.0 cm³/mol. The summed E-state index contributed by atoms with van der Waals surface area (Å²) in [6, 6.07) is 9.90. The minimum atomic E-state index is 0.367. The summed E-state index contributed by atoms with van der Waals surface area (Å²) in [7, 11) is 0. The molecule has 0 aliphatic heterocycles. The van der Waals surface area contributed by atoms with Gasteiger partial charge in [-0.15, -0.1) is 0 Å². The zero-order valence-electron chi connectivity index (χ0n) is 11.9. The summed E-state index contributed by atoms with van der Waals surface area (Å²) in [6.45, 7) is 5.93. The van der Waals surface area contributed by atoms with Crippen molar-refractivity contribution in [2.45, 2.75) is 20.8 Å². The second-order valence-electron chi connectivity index (χ2n) is 5.39. The van der Waals surface area contributed by atoms with E-state index < -0.39 is 0 Å². The lowest BCUT2D eigenvalue weighted by Gasteiger charge is -2.07. The van der Waals surface area contributed by atoms with Crippen LogP contribution in [0.4, 0.5) is 5.69 Å². The Hall–Kier alpha value is -2.42. The number of aromatic hydroxyl groups is 1. The molecular formula is C17H18N2O. The zero-order valence-corrected chi connectivity index (χ0v) is 11.9. The van der Waals surface area contributed by atoms with Crippen LogP contribution in [0.25, 0.3) is 22.2 Å². The second kappa shape index (κ2) is 4.30. The number of phenols is 1. The molecule has 4 N–H and O–H groups in total. The largest absolute Gasteiger partial charge is 0.507 e. The summed E-state index contributed by atoms with van der Waals surface area (Å²) in [5, 5.41) is 11.0. The zero-order chi connectivity index (χ0) is 14.4. The molecule has 1 aromatic heterocycles. The molecular weight excluding hydrogens is 248 g/mol. The summed E-state index contributed by atoms with van der Waals surface area (Å²) in [5.74, 6) is 0.367. The summed E-state index contributed by atoms with van der Waals surface area (Å²) < 4.78 is 0. The highest BCUT2D eigenvalue weighted by atomic mass is 16.3. The number of fused-ring (bicyclic) bond motifs is 1. The van der Waals surface area contributed by atoms with Crippen molar-refractivity contribution < 1.29 is 5.11 Å². The molecule has 0 saturated heterocycles. The molecule has 0 spiro atoms. The van der Waals surface area contributed by atoms with Gasteiger partial charge in [0, 0.05) is 22.3 Å². The highest BCUT2D eigenvalue weighted by Gasteiger charge is 2.12. The third-order valence-corrected chi connectivity index (χ3v) is 3.86. The van der Waals surface area contributed by atoms with Crippen LogP contribution in [0.1, 0.15) is 16.7 Å². The lowest BCUT2D eigenvalue weighted by molar-refractivity contribution is 0.467. The normalized spacial score (nSPS) is 11.2. The number of hydrogen-bond donors (Lipinski definition) is 3. The van der Waals surface area contributed by atoms with E-state index >= 15 is 0 Å². The van der Waals surface area contributed by atoms with Crippen LogP contribution in [0.3, 0.4) is 0 Å². The van der Waals surface area contributed by atoms with Gasteiger partial charge >= 0.3 is 0 Å². The number of H-pyrrole nitrogens is 1. The van der Waals surface area contributed by atoms with E-state index in [0.717, 1.165) is 39.0 Å². The van der Waals surface area contributed by atoms with Crippen LogP contribution in [0.2, 0.25) is 0 Å².